The van der Waals surface area contributed by atoms with Gasteiger partial charge in [0.25, 0.3) is 0 Å². The van der Waals surface area contributed by atoms with Gasteiger partial charge in [0.05, 0.1) is 5.56 Å². The Morgan fingerprint density at radius 3 is 2.32 bits per heavy atom. The molecular weight excluding hydrogens is 324 g/mol. The number of ketones is 1. The third kappa shape index (κ3) is 3.58. The summed E-state index contributed by atoms with van der Waals surface area (Å²) < 4.78 is 15.6. The average molecular weight is 338 g/mol. The molecule has 0 fully saturated rings. The second kappa shape index (κ2) is 6.60. The van der Waals surface area contributed by atoms with Crippen LogP contribution in [0, 0.1) is 0 Å². The van der Waals surface area contributed by atoms with Crippen molar-refractivity contribution >= 4 is 23.8 Å². The standard InChI is InChI=1S/C19H14O6/c1-11(20)23-16-8-7-13(9-17(16)24-12(2)21)10-18-19(22)14-5-3-4-6-15(14)25-18/h3-10H,1-2H3/b18-10-. The molecule has 0 spiro atoms. The van der Waals surface area contributed by atoms with Gasteiger partial charge in [0.1, 0.15) is 5.75 Å². The predicted molar refractivity (Wildman–Crippen MR) is 88.4 cm³/mol. The lowest BCUT2D eigenvalue weighted by Gasteiger charge is -2.09. The number of carbonyl (C=O) groups is 3. The maximum absolute atomic E-state index is 12.3. The highest BCUT2D eigenvalue weighted by atomic mass is 16.6. The fourth-order valence-electron chi connectivity index (χ4n) is 2.38. The van der Waals surface area contributed by atoms with Gasteiger partial charge in [0.2, 0.25) is 5.78 Å². The Hall–Kier alpha value is -3.41. The van der Waals surface area contributed by atoms with E-state index in [0.717, 1.165) is 0 Å². The van der Waals surface area contributed by atoms with Crippen LogP contribution in [0.2, 0.25) is 0 Å². The topological polar surface area (TPSA) is 78.9 Å². The number of benzene rings is 2. The first-order valence-electron chi connectivity index (χ1n) is 7.48. The third-order valence-electron chi connectivity index (χ3n) is 3.35. The highest BCUT2D eigenvalue weighted by molar-refractivity contribution is 6.14. The van der Waals surface area contributed by atoms with Gasteiger partial charge < -0.3 is 14.2 Å². The van der Waals surface area contributed by atoms with Gasteiger partial charge >= 0.3 is 11.9 Å². The maximum atomic E-state index is 12.3. The van der Waals surface area contributed by atoms with Gasteiger partial charge in [-0.05, 0) is 35.9 Å². The average Bonchev–Trinajstić information content (AvgIpc) is 2.85. The molecule has 3 rings (SSSR count). The molecule has 2 aromatic carbocycles. The molecule has 0 N–H and O–H groups in total. The Kier molecular flexibility index (Phi) is 4.35. The molecule has 0 amide bonds. The van der Waals surface area contributed by atoms with E-state index >= 15 is 0 Å². The van der Waals surface area contributed by atoms with E-state index in [1.807, 2.05) is 0 Å². The molecule has 0 aliphatic carbocycles. The van der Waals surface area contributed by atoms with Gasteiger partial charge in [0, 0.05) is 13.8 Å². The fraction of sp³-hybridized carbons (Fsp3) is 0.105. The van der Waals surface area contributed by atoms with Gasteiger partial charge in [-0.1, -0.05) is 18.2 Å². The Balaban J connectivity index is 1.94. The third-order valence-corrected chi connectivity index (χ3v) is 3.35. The van der Waals surface area contributed by atoms with Crippen molar-refractivity contribution in [3.63, 3.8) is 0 Å². The van der Waals surface area contributed by atoms with Gasteiger partial charge in [-0.2, -0.15) is 0 Å². The van der Waals surface area contributed by atoms with Crippen LogP contribution in [0.15, 0.2) is 48.2 Å². The van der Waals surface area contributed by atoms with Crippen LogP contribution in [-0.4, -0.2) is 17.7 Å². The normalized spacial score (nSPS) is 14.0. The Morgan fingerprint density at radius 1 is 0.960 bits per heavy atom. The number of Topliss-reactive ketones (excluding diaryl/α,β-unsaturated/α-hetero) is 1. The van der Waals surface area contributed by atoms with Crippen molar-refractivity contribution in [2.75, 3.05) is 0 Å². The SMILES string of the molecule is CC(=O)Oc1ccc(/C=C2\Oc3ccccc3C2=O)cc1OC(C)=O. The van der Waals surface area contributed by atoms with Crippen LogP contribution in [0.5, 0.6) is 17.2 Å². The van der Waals surface area contributed by atoms with Crippen molar-refractivity contribution in [2.24, 2.45) is 0 Å². The summed E-state index contributed by atoms with van der Waals surface area (Å²) >= 11 is 0. The van der Waals surface area contributed by atoms with E-state index in [2.05, 4.69) is 0 Å². The quantitative estimate of drug-likeness (QED) is 0.486. The first-order valence-corrected chi connectivity index (χ1v) is 7.48. The first-order chi connectivity index (χ1) is 11.9. The minimum atomic E-state index is -0.557. The zero-order valence-electron chi connectivity index (χ0n) is 13.6. The smallest absolute Gasteiger partial charge is 0.308 e. The van der Waals surface area contributed by atoms with Crippen molar-refractivity contribution in [3.05, 3.63) is 59.4 Å². The number of ether oxygens (including phenoxy) is 3. The van der Waals surface area contributed by atoms with Crippen molar-refractivity contribution in [1.82, 2.24) is 0 Å². The van der Waals surface area contributed by atoms with Crippen LogP contribution in [0.1, 0.15) is 29.8 Å². The minimum absolute atomic E-state index is 0.0833. The number of hydrogen-bond donors (Lipinski definition) is 0. The minimum Gasteiger partial charge on any atom is -0.452 e. The van der Waals surface area contributed by atoms with Gasteiger partial charge in [0.15, 0.2) is 17.3 Å². The monoisotopic (exact) mass is 338 g/mol. The van der Waals surface area contributed by atoms with E-state index in [1.54, 1.807) is 30.3 Å². The molecule has 126 valence electrons. The summed E-state index contributed by atoms with van der Waals surface area (Å²) in [6.45, 7) is 2.48. The summed E-state index contributed by atoms with van der Waals surface area (Å²) in [5.41, 5.74) is 1.05. The van der Waals surface area contributed by atoms with Crippen molar-refractivity contribution in [2.45, 2.75) is 13.8 Å². The molecule has 0 bridgehead atoms. The summed E-state index contributed by atoms with van der Waals surface area (Å²) in [4.78, 5) is 34.7. The largest absolute Gasteiger partial charge is 0.452 e. The molecule has 0 saturated heterocycles. The van der Waals surface area contributed by atoms with Crippen LogP contribution in [0.25, 0.3) is 6.08 Å². The second-order valence-corrected chi connectivity index (χ2v) is 5.33. The molecule has 6 nitrogen and oxygen atoms in total. The molecular formula is C19H14O6. The number of fused-ring (bicyclic) bond motifs is 1. The number of rotatable bonds is 3. The van der Waals surface area contributed by atoms with Crippen LogP contribution in [0.4, 0.5) is 0 Å². The van der Waals surface area contributed by atoms with Crippen LogP contribution >= 0.6 is 0 Å². The number of para-hydroxylation sites is 1. The summed E-state index contributed by atoms with van der Waals surface area (Å²) in [6, 6.07) is 11.5. The predicted octanol–water partition coefficient (Wildman–Crippen LogP) is 3.15. The lowest BCUT2D eigenvalue weighted by atomic mass is 10.1. The van der Waals surface area contributed by atoms with Crippen molar-refractivity contribution in [1.29, 1.82) is 0 Å². The van der Waals surface area contributed by atoms with Crippen LogP contribution < -0.4 is 14.2 Å². The van der Waals surface area contributed by atoms with Gasteiger partial charge in [-0.15, -0.1) is 0 Å². The summed E-state index contributed by atoms with van der Waals surface area (Å²) in [5.74, 6) is -0.464. The van der Waals surface area contributed by atoms with E-state index in [4.69, 9.17) is 14.2 Å². The molecule has 0 saturated carbocycles. The molecule has 1 aliphatic heterocycles. The molecule has 1 heterocycles. The van der Waals surface area contributed by atoms with E-state index in [9.17, 15) is 14.4 Å². The van der Waals surface area contributed by atoms with Crippen molar-refractivity contribution in [3.8, 4) is 17.2 Å². The maximum Gasteiger partial charge on any atom is 0.308 e. The molecule has 0 aromatic heterocycles. The summed E-state index contributed by atoms with van der Waals surface area (Å²) in [5, 5.41) is 0. The Labute approximate surface area is 143 Å². The number of allylic oxidation sites excluding steroid dienone is 1. The first kappa shape index (κ1) is 16.4. The zero-order chi connectivity index (χ0) is 18.0. The zero-order valence-corrected chi connectivity index (χ0v) is 13.6. The van der Waals surface area contributed by atoms with Crippen LogP contribution in [0.3, 0.4) is 0 Å². The number of hydrogen-bond acceptors (Lipinski definition) is 6. The molecule has 0 atom stereocenters. The molecule has 25 heavy (non-hydrogen) atoms. The number of carbonyl (C=O) groups excluding carboxylic acids is 3. The van der Waals surface area contributed by atoms with E-state index in [0.29, 0.717) is 16.9 Å². The fourth-order valence-corrected chi connectivity index (χ4v) is 2.38. The Morgan fingerprint density at radius 2 is 1.64 bits per heavy atom. The van der Waals surface area contributed by atoms with E-state index in [-0.39, 0.29) is 23.0 Å². The molecule has 6 heteroatoms. The van der Waals surface area contributed by atoms with Crippen LogP contribution in [-0.2, 0) is 9.59 Å². The van der Waals surface area contributed by atoms with Crippen molar-refractivity contribution < 1.29 is 28.6 Å². The van der Waals surface area contributed by atoms with Gasteiger partial charge in [-0.3, -0.25) is 14.4 Å². The second-order valence-electron chi connectivity index (χ2n) is 5.33. The summed E-state index contributed by atoms with van der Waals surface area (Å²) in [6.07, 6.45) is 1.53. The highest BCUT2D eigenvalue weighted by Crippen LogP contribution is 2.33. The lowest BCUT2D eigenvalue weighted by Crippen LogP contribution is -2.07. The molecule has 1 aliphatic rings. The lowest BCUT2D eigenvalue weighted by molar-refractivity contribution is -0.134. The molecule has 2 aromatic rings. The molecule has 0 radical (unpaired) electrons. The van der Waals surface area contributed by atoms with Gasteiger partial charge in [-0.25, -0.2) is 0 Å². The van der Waals surface area contributed by atoms with E-state index in [1.165, 1.54) is 32.1 Å². The highest BCUT2D eigenvalue weighted by Gasteiger charge is 2.26. The molecule has 0 unspecified atom stereocenters. The van der Waals surface area contributed by atoms with E-state index < -0.39 is 11.9 Å². The summed E-state index contributed by atoms with van der Waals surface area (Å²) in [7, 11) is 0. The Bertz CT molecular complexity index is 910. The number of esters is 2.